The third-order valence-electron chi connectivity index (χ3n) is 5.69. The van der Waals surface area contributed by atoms with Gasteiger partial charge in [-0.1, -0.05) is 6.07 Å². The topological polar surface area (TPSA) is 119 Å². The third kappa shape index (κ3) is 6.50. The van der Waals surface area contributed by atoms with Gasteiger partial charge in [0, 0.05) is 18.4 Å². The van der Waals surface area contributed by atoms with Crippen molar-refractivity contribution >= 4 is 17.5 Å². The lowest BCUT2D eigenvalue weighted by Crippen LogP contribution is -2.26. The highest BCUT2D eigenvalue weighted by atomic mass is 19.4. The summed E-state index contributed by atoms with van der Waals surface area (Å²) in [6.07, 6.45) is 0.266. The first kappa shape index (κ1) is 28.4. The van der Waals surface area contributed by atoms with Crippen molar-refractivity contribution in [1.29, 1.82) is 0 Å². The lowest BCUT2D eigenvalue weighted by Gasteiger charge is -2.11. The molecule has 1 aromatic carbocycles. The van der Waals surface area contributed by atoms with Crippen molar-refractivity contribution in [2.45, 2.75) is 45.5 Å². The van der Waals surface area contributed by atoms with E-state index in [2.05, 4.69) is 20.3 Å². The Bertz CT molecular complexity index is 1560. The number of ether oxygens (including phenoxy) is 1. The highest BCUT2D eigenvalue weighted by molar-refractivity contribution is 5.93. The van der Waals surface area contributed by atoms with Gasteiger partial charge in [-0.2, -0.15) is 13.2 Å². The van der Waals surface area contributed by atoms with E-state index in [0.717, 1.165) is 18.4 Å². The van der Waals surface area contributed by atoms with Crippen molar-refractivity contribution in [3.8, 4) is 17.3 Å². The van der Waals surface area contributed by atoms with Crippen molar-refractivity contribution in [3.63, 3.8) is 0 Å². The Kier molecular flexibility index (Phi) is 7.98. The molecule has 1 aliphatic carbocycles. The summed E-state index contributed by atoms with van der Waals surface area (Å²) >= 11 is 0. The number of hydrogen-bond acceptors (Lipinski definition) is 6. The van der Waals surface area contributed by atoms with Crippen LogP contribution in [0.1, 0.15) is 40.2 Å². The predicted octanol–water partition coefficient (Wildman–Crippen LogP) is 4.79. The first-order chi connectivity index (χ1) is 18.8. The number of aryl methyl sites for hydroxylation is 2. The van der Waals surface area contributed by atoms with Crippen LogP contribution in [0.25, 0.3) is 17.2 Å². The predicted molar refractivity (Wildman–Crippen MR) is 131 cm³/mol. The molecule has 0 bridgehead atoms. The minimum Gasteiger partial charge on any atom is -0.485 e. The van der Waals surface area contributed by atoms with E-state index >= 15 is 0 Å². The molecule has 3 aromatic heterocycles. The minimum atomic E-state index is -5.08. The van der Waals surface area contributed by atoms with Gasteiger partial charge in [-0.15, -0.1) is 0 Å². The molecule has 1 amide bonds. The molecule has 4 aromatic rings. The Morgan fingerprint density at radius 3 is 2.38 bits per heavy atom. The SMILES string of the molecule is Cc1cc(OCc2c(F)cccc2F)c2nc(C)c(-c3nccc(C(=O)NC4CC4)n3)n2c1.O=C(O)C(F)(F)F. The van der Waals surface area contributed by atoms with Gasteiger partial charge in [0.2, 0.25) is 0 Å². The lowest BCUT2D eigenvalue weighted by atomic mass is 10.2. The van der Waals surface area contributed by atoms with E-state index < -0.39 is 23.8 Å². The number of benzene rings is 1. The first-order valence-electron chi connectivity index (χ1n) is 11.8. The molecule has 5 rings (SSSR count). The van der Waals surface area contributed by atoms with E-state index in [1.54, 1.807) is 23.5 Å². The Hall–Kier alpha value is -4.62. The van der Waals surface area contributed by atoms with Crippen LogP contribution < -0.4 is 10.1 Å². The number of carboxylic acid groups (broad SMARTS) is 1. The molecular formula is C26H22F5N5O4. The number of carbonyl (C=O) groups is 2. The number of aliphatic carboxylic acids is 1. The molecule has 0 unspecified atom stereocenters. The highest BCUT2D eigenvalue weighted by Gasteiger charge is 2.38. The van der Waals surface area contributed by atoms with Crippen molar-refractivity contribution in [2.24, 2.45) is 0 Å². The summed E-state index contributed by atoms with van der Waals surface area (Å²) in [5.41, 5.74) is 2.66. The fourth-order valence-electron chi connectivity index (χ4n) is 3.64. The van der Waals surface area contributed by atoms with E-state index in [4.69, 9.17) is 14.6 Å². The number of nitrogens with one attached hydrogen (secondary N) is 1. The molecule has 1 fully saturated rings. The summed E-state index contributed by atoms with van der Waals surface area (Å²) < 4.78 is 67.4. The van der Waals surface area contributed by atoms with E-state index in [0.29, 0.717) is 28.6 Å². The normalized spacial score (nSPS) is 13.0. The average Bonchev–Trinajstić information content (AvgIpc) is 3.63. The molecule has 14 heteroatoms. The van der Waals surface area contributed by atoms with E-state index in [-0.39, 0.29) is 29.8 Å². The number of rotatable bonds is 6. The van der Waals surface area contributed by atoms with Crippen LogP contribution in [-0.2, 0) is 11.4 Å². The summed E-state index contributed by atoms with van der Waals surface area (Å²) in [6.45, 7) is 3.39. The minimum absolute atomic E-state index is 0.154. The maximum absolute atomic E-state index is 14.0. The number of halogens is 5. The molecule has 0 aliphatic heterocycles. The lowest BCUT2D eigenvalue weighted by molar-refractivity contribution is -0.192. The van der Waals surface area contributed by atoms with Crippen LogP contribution in [-0.4, -0.2) is 48.6 Å². The number of aromatic nitrogens is 4. The summed E-state index contributed by atoms with van der Waals surface area (Å²) in [5.74, 6) is -3.62. The van der Waals surface area contributed by atoms with Gasteiger partial charge < -0.3 is 15.2 Å². The largest absolute Gasteiger partial charge is 0.490 e. The second-order valence-electron chi connectivity index (χ2n) is 8.93. The zero-order chi connectivity index (χ0) is 29.2. The Morgan fingerprint density at radius 1 is 1.12 bits per heavy atom. The van der Waals surface area contributed by atoms with Gasteiger partial charge in [0.25, 0.3) is 5.91 Å². The van der Waals surface area contributed by atoms with Crippen LogP contribution in [0.3, 0.4) is 0 Å². The Morgan fingerprint density at radius 2 is 1.77 bits per heavy atom. The molecule has 0 radical (unpaired) electrons. The number of hydrogen-bond donors (Lipinski definition) is 2. The van der Waals surface area contributed by atoms with Crippen molar-refractivity contribution < 1.29 is 41.4 Å². The van der Waals surface area contributed by atoms with Gasteiger partial charge in [-0.3, -0.25) is 9.20 Å². The fraction of sp³-hybridized carbons (Fsp3) is 0.269. The summed E-state index contributed by atoms with van der Waals surface area (Å²) in [6, 6.07) is 7.23. The third-order valence-corrected chi connectivity index (χ3v) is 5.69. The zero-order valence-electron chi connectivity index (χ0n) is 21.1. The van der Waals surface area contributed by atoms with Gasteiger partial charge in [-0.05, 0) is 56.5 Å². The van der Waals surface area contributed by atoms with Crippen molar-refractivity contribution in [3.05, 3.63) is 76.9 Å². The van der Waals surface area contributed by atoms with Gasteiger partial charge in [-0.25, -0.2) is 28.5 Å². The summed E-state index contributed by atoms with van der Waals surface area (Å²) in [4.78, 5) is 34.7. The fourth-order valence-corrected chi connectivity index (χ4v) is 3.64. The number of nitrogens with zero attached hydrogens (tertiary/aromatic N) is 4. The Balaban J connectivity index is 0.000000470. The summed E-state index contributed by atoms with van der Waals surface area (Å²) in [5, 5.41) is 10.0. The molecule has 3 heterocycles. The Labute approximate surface area is 223 Å². The molecule has 40 heavy (non-hydrogen) atoms. The number of fused-ring (bicyclic) bond motifs is 1. The maximum Gasteiger partial charge on any atom is 0.490 e. The smallest absolute Gasteiger partial charge is 0.485 e. The second kappa shape index (κ2) is 11.2. The number of imidazole rings is 1. The van der Waals surface area contributed by atoms with Crippen molar-refractivity contribution in [1.82, 2.24) is 24.7 Å². The highest BCUT2D eigenvalue weighted by Crippen LogP contribution is 2.29. The number of alkyl halides is 3. The van der Waals surface area contributed by atoms with Crippen LogP contribution in [0.15, 0.2) is 42.7 Å². The van der Waals surface area contributed by atoms with Gasteiger partial charge in [0.1, 0.15) is 29.6 Å². The molecule has 2 N–H and O–H groups in total. The van der Waals surface area contributed by atoms with Crippen LogP contribution in [0.4, 0.5) is 22.0 Å². The van der Waals surface area contributed by atoms with Gasteiger partial charge in [0.05, 0.1) is 11.3 Å². The number of pyridine rings is 1. The molecule has 0 saturated heterocycles. The van der Waals surface area contributed by atoms with E-state index in [1.165, 1.54) is 24.4 Å². The van der Waals surface area contributed by atoms with Gasteiger partial charge >= 0.3 is 12.1 Å². The molecular weight excluding hydrogens is 541 g/mol. The van der Waals surface area contributed by atoms with E-state index in [1.807, 2.05) is 13.1 Å². The maximum atomic E-state index is 14.0. The first-order valence-corrected chi connectivity index (χ1v) is 11.8. The number of carboxylic acids is 1. The number of amides is 1. The molecule has 0 atom stereocenters. The van der Waals surface area contributed by atoms with Crippen LogP contribution in [0.2, 0.25) is 0 Å². The number of carbonyl (C=O) groups excluding carboxylic acids is 1. The molecule has 9 nitrogen and oxygen atoms in total. The molecule has 210 valence electrons. The summed E-state index contributed by atoms with van der Waals surface area (Å²) in [7, 11) is 0. The van der Waals surface area contributed by atoms with Crippen LogP contribution in [0, 0.1) is 25.5 Å². The molecule has 1 aliphatic rings. The van der Waals surface area contributed by atoms with E-state index in [9.17, 15) is 26.7 Å². The van der Waals surface area contributed by atoms with Crippen LogP contribution >= 0.6 is 0 Å². The standard InChI is InChI=1S/C24H21F2N5O2.C2HF3O2/c1-13-10-20(33-12-16-17(25)4-3-5-18(16)26)23-28-14(2)21(31(23)11-13)22-27-9-8-19(30-22)24(32)29-15-6-7-15;3-2(4,5)1(6)7/h3-5,8-11,15H,6-7,12H2,1-2H3,(H,29,32);(H,6,7). The van der Waals surface area contributed by atoms with Crippen LogP contribution in [0.5, 0.6) is 5.75 Å². The quantitative estimate of drug-likeness (QED) is 0.324. The van der Waals surface area contributed by atoms with Gasteiger partial charge in [0.15, 0.2) is 17.2 Å². The molecule has 0 spiro atoms. The second-order valence-corrected chi connectivity index (χ2v) is 8.93. The average molecular weight is 563 g/mol. The monoisotopic (exact) mass is 563 g/mol. The molecule has 1 saturated carbocycles. The van der Waals surface area contributed by atoms with Crippen molar-refractivity contribution in [2.75, 3.05) is 0 Å². The zero-order valence-corrected chi connectivity index (χ0v) is 21.1.